The minimum atomic E-state index is -0.408. The summed E-state index contributed by atoms with van der Waals surface area (Å²) in [6.45, 7) is 1.86. The molecule has 0 aliphatic heterocycles. The van der Waals surface area contributed by atoms with E-state index >= 15 is 0 Å². The van der Waals surface area contributed by atoms with E-state index in [-0.39, 0.29) is 17.3 Å². The van der Waals surface area contributed by atoms with Gasteiger partial charge in [0.15, 0.2) is 5.78 Å². The van der Waals surface area contributed by atoms with Gasteiger partial charge in [-0.3, -0.25) is 14.4 Å². The van der Waals surface area contributed by atoms with Crippen molar-refractivity contribution in [1.29, 1.82) is 0 Å². The van der Waals surface area contributed by atoms with Crippen molar-refractivity contribution >= 4 is 40.6 Å². The lowest BCUT2D eigenvalue weighted by Crippen LogP contribution is -2.17. The fourth-order valence-corrected chi connectivity index (χ4v) is 3.72. The van der Waals surface area contributed by atoms with Crippen LogP contribution in [0.2, 0.25) is 5.02 Å². The van der Waals surface area contributed by atoms with Gasteiger partial charge in [-0.25, -0.2) is 0 Å². The molecule has 34 heavy (non-hydrogen) atoms. The number of ketones is 1. The van der Waals surface area contributed by atoms with Gasteiger partial charge in [-0.2, -0.15) is 0 Å². The smallest absolute Gasteiger partial charge is 0.256 e. The first-order chi connectivity index (χ1) is 16.4. The first-order valence-corrected chi connectivity index (χ1v) is 11.0. The Bertz CT molecular complexity index is 1370. The zero-order valence-electron chi connectivity index (χ0n) is 18.3. The third-order valence-electron chi connectivity index (χ3n) is 5.29. The van der Waals surface area contributed by atoms with Crippen LogP contribution in [0.25, 0.3) is 0 Å². The normalized spacial score (nSPS) is 10.4. The average Bonchev–Trinajstić information content (AvgIpc) is 2.86. The summed E-state index contributed by atoms with van der Waals surface area (Å²) in [7, 11) is 0. The Morgan fingerprint density at radius 1 is 0.647 bits per heavy atom. The molecular formula is C28H21ClN2O3. The van der Waals surface area contributed by atoms with Crippen molar-refractivity contribution in [2.24, 2.45) is 0 Å². The Morgan fingerprint density at radius 3 is 1.97 bits per heavy atom. The summed E-state index contributed by atoms with van der Waals surface area (Å²) in [6.07, 6.45) is 0. The molecule has 6 heteroatoms. The minimum absolute atomic E-state index is 0.226. The monoisotopic (exact) mass is 468 g/mol. The quantitative estimate of drug-likeness (QED) is 0.322. The lowest BCUT2D eigenvalue weighted by Gasteiger charge is -2.11. The maximum atomic E-state index is 12.9. The third kappa shape index (κ3) is 5.22. The van der Waals surface area contributed by atoms with E-state index in [2.05, 4.69) is 10.6 Å². The molecule has 0 aliphatic rings. The summed E-state index contributed by atoms with van der Waals surface area (Å²) in [6, 6.07) is 27.3. The van der Waals surface area contributed by atoms with Gasteiger partial charge in [0.05, 0.1) is 5.56 Å². The molecule has 0 unspecified atom stereocenters. The summed E-state index contributed by atoms with van der Waals surface area (Å²) in [5.41, 5.74) is 3.57. The molecule has 0 spiro atoms. The molecule has 0 radical (unpaired) electrons. The number of carbonyl (C=O) groups is 3. The molecule has 0 saturated carbocycles. The summed E-state index contributed by atoms with van der Waals surface area (Å²) in [5, 5.41) is 6.25. The van der Waals surface area contributed by atoms with Gasteiger partial charge in [-0.1, -0.05) is 60.1 Å². The van der Waals surface area contributed by atoms with Crippen LogP contribution in [0, 0.1) is 6.92 Å². The minimum Gasteiger partial charge on any atom is -0.322 e. The topological polar surface area (TPSA) is 75.3 Å². The fourth-order valence-electron chi connectivity index (χ4n) is 3.49. The number of halogens is 1. The van der Waals surface area contributed by atoms with E-state index in [0.717, 1.165) is 5.56 Å². The van der Waals surface area contributed by atoms with Crippen LogP contribution in [-0.4, -0.2) is 17.6 Å². The third-order valence-corrected chi connectivity index (χ3v) is 5.53. The first kappa shape index (κ1) is 23.0. The van der Waals surface area contributed by atoms with E-state index in [0.29, 0.717) is 33.1 Å². The van der Waals surface area contributed by atoms with Crippen LogP contribution in [0.1, 0.15) is 42.2 Å². The van der Waals surface area contributed by atoms with Gasteiger partial charge in [0.2, 0.25) is 0 Å². The molecule has 0 aliphatic carbocycles. The van der Waals surface area contributed by atoms with Crippen LogP contribution in [0.15, 0.2) is 97.1 Å². The molecule has 4 aromatic rings. The lowest BCUT2D eigenvalue weighted by molar-refractivity contribution is 0.0996. The van der Waals surface area contributed by atoms with E-state index in [4.69, 9.17) is 11.6 Å². The second-order valence-electron chi connectivity index (χ2n) is 7.69. The lowest BCUT2D eigenvalue weighted by atomic mass is 9.98. The van der Waals surface area contributed by atoms with Crippen molar-refractivity contribution in [1.82, 2.24) is 0 Å². The average molecular weight is 469 g/mol. The maximum absolute atomic E-state index is 12.9. The Hall–Kier alpha value is -4.22. The number of hydrogen-bond acceptors (Lipinski definition) is 3. The molecule has 0 heterocycles. The van der Waals surface area contributed by atoms with Crippen molar-refractivity contribution in [3.05, 3.63) is 130 Å². The molecule has 2 amide bonds. The highest BCUT2D eigenvalue weighted by atomic mass is 35.5. The van der Waals surface area contributed by atoms with Gasteiger partial charge in [0, 0.05) is 33.1 Å². The molecule has 0 aromatic heterocycles. The predicted octanol–water partition coefficient (Wildman–Crippen LogP) is 6.38. The fraction of sp³-hybridized carbons (Fsp3) is 0.0357. The highest BCUT2D eigenvalue weighted by Gasteiger charge is 2.18. The van der Waals surface area contributed by atoms with Crippen LogP contribution in [0.4, 0.5) is 11.4 Å². The van der Waals surface area contributed by atoms with Gasteiger partial charge in [-0.05, 0) is 61.0 Å². The van der Waals surface area contributed by atoms with Crippen molar-refractivity contribution in [2.45, 2.75) is 6.92 Å². The predicted molar refractivity (Wildman–Crippen MR) is 135 cm³/mol. The van der Waals surface area contributed by atoms with Crippen LogP contribution in [-0.2, 0) is 0 Å². The number of nitrogens with one attached hydrogen (secondary N) is 2. The van der Waals surface area contributed by atoms with Gasteiger partial charge in [0.1, 0.15) is 0 Å². The van der Waals surface area contributed by atoms with Crippen LogP contribution in [0.5, 0.6) is 0 Å². The second-order valence-corrected chi connectivity index (χ2v) is 8.12. The van der Waals surface area contributed by atoms with Gasteiger partial charge in [-0.15, -0.1) is 0 Å². The van der Waals surface area contributed by atoms with E-state index in [9.17, 15) is 14.4 Å². The molecule has 4 aromatic carbocycles. The molecule has 5 nitrogen and oxygen atoms in total. The molecule has 2 N–H and O–H groups in total. The van der Waals surface area contributed by atoms with E-state index in [1.54, 1.807) is 91.0 Å². The van der Waals surface area contributed by atoms with Crippen LogP contribution < -0.4 is 10.6 Å². The number of hydrogen-bond donors (Lipinski definition) is 2. The van der Waals surface area contributed by atoms with E-state index in [1.807, 2.05) is 13.0 Å². The Morgan fingerprint density at radius 2 is 1.29 bits per heavy atom. The number of rotatable bonds is 6. The number of benzene rings is 4. The number of aryl methyl sites for hydroxylation is 1. The zero-order chi connectivity index (χ0) is 24.1. The summed E-state index contributed by atoms with van der Waals surface area (Å²) >= 11 is 5.97. The van der Waals surface area contributed by atoms with Crippen LogP contribution in [0.3, 0.4) is 0 Å². The Balaban J connectivity index is 1.47. The maximum Gasteiger partial charge on any atom is 0.256 e. The number of carbonyl (C=O) groups excluding carboxylic acids is 3. The van der Waals surface area contributed by atoms with E-state index in [1.165, 1.54) is 0 Å². The van der Waals surface area contributed by atoms with Crippen molar-refractivity contribution < 1.29 is 14.4 Å². The van der Waals surface area contributed by atoms with Gasteiger partial charge in [0.25, 0.3) is 11.8 Å². The molecule has 168 valence electrons. The number of anilines is 2. The molecular weight excluding hydrogens is 448 g/mol. The molecule has 0 atom stereocenters. The van der Waals surface area contributed by atoms with Crippen LogP contribution >= 0.6 is 11.6 Å². The van der Waals surface area contributed by atoms with Crippen molar-refractivity contribution in [3.63, 3.8) is 0 Å². The second kappa shape index (κ2) is 10.1. The standard InChI is InChI=1S/C28H21ClN2O3/c1-18-17-21(29)13-16-25(18)31-27(33)20-11-14-22(15-12-20)30-28(34)24-10-6-5-9-23(24)26(32)19-7-3-2-4-8-19/h2-17H,1H3,(H,30,34)(H,31,33). The van der Waals surface area contributed by atoms with E-state index < -0.39 is 5.91 Å². The molecule has 4 rings (SSSR count). The van der Waals surface area contributed by atoms with Crippen molar-refractivity contribution in [2.75, 3.05) is 10.6 Å². The number of amides is 2. The molecule has 0 fully saturated rings. The Labute approximate surface area is 202 Å². The summed E-state index contributed by atoms with van der Waals surface area (Å²) in [5.74, 6) is -0.910. The summed E-state index contributed by atoms with van der Waals surface area (Å²) in [4.78, 5) is 38.4. The first-order valence-electron chi connectivity index (χ1n) is 10.6. The Kier molecular flexibility index (Phi) is 6.85. The highest BCUT2D eigenvalue weighted by molar-refractivity contribution is 6.30. The van der Waals surface area contributed by atoms with Gasteiger partial charge >= 0.3 is 0 Å². The highest BCUT2D eigenvalue weighted by Crippen LogP contribution is 2.21. The largest absolute Gasteiger partial charge is 0.322 e. The van der Waals surface area contributed by atoms with Crippen molar-refractivity contribution in [3.8, 4) is 0 Å². The molecule has 0 bridgehead atoms. The zero-order valence-corrected chi connectivity index (χ0v) is 19.1. The van der Waals surface area contributed by atoms with Gasteiger partial charge < -0.3 is 10.6 Å². The molecule has 0 saturated heterocycles. The SMILES string of the molecule is Cc1cc(Cl)ccc1NC(=O)c1ccc(NC(=O)c2ccccc2C(=O)c2ccccc2)cc1. The summed E-state index contributed by atoms with van der Waals surface area (Å²) < 4.78 is 0.